The maximum absolute atomic E-state index is 13.8. The average Bonchev–Trinajstić information content (AvgIpc) is 2.24. The number of amides is 1. The van der Waals surface area contributed by atoms with Crippen molar-refractivity contribution in [3.63, 3.8) is 0 Å². The Balaban J connectivity index is 2.65. The highest BCUT2D eigenvalue weighted by Crippen LogP contribution is 2.18. The summed E-state index contributed by atoms with van der Waals surface area (Å²) in [7, 11) is 0. The van der Waals surface area contributed by atoms with Crippen LogP contribution in [-0.4, -0.2) is 22.9 Å². The predicted molar refractivity (Wildman–Crippen MR) is 76.3 cm³/mol. The number of anilines is 1. The first-order chi connectivity index (χ1) is 9.17. The van der Waals surface area contributed by atoms with Crippen LogP contribution in [0.4, 0.5) is 14.9 Å². The van der Waals surface area contributed by atoms with Gasteiger partial charge in [0.15, 0.2) is 0 Å². The molecule has 0 saturated heterocycles. The minimum absolute atomic E-state index is 0.345. The van der Waals surface area contributed by atoms with Crippen LogP contribution in [0.15, 0.2) is 18.2 Å². The van der Waals surface area contributed by atoms with Crippen LogP contribution in [0.25, 0.3) is 0 Å². The second-order valence-electron chi connectivity index (χ2n) is 5.82. The number of ether oxygens (including phenoxy) is 1. The molecule has 0 radical (unpaired) electrons. The molecular weight excluding hydrogens is 261 g/mol. The number of aryl methyl sites for hydroxylation is 1. The van der Waals surface area contributed by atoms with Gasteiger partial charge in [0.05, 0.1) is 6.10 Å². The maximum atomic E-state index is 13.8. The Kier molecular flexibility index (Phi) is 5.51. The Morgan fingerprint density at radius 2 is 2.10 bits per heavy atom. The molecule has 1 amide bonds. The Labute approximate surface area is 119 Å². The molecule has 0 bridgehead atoms. The van der Waals surface area contributed by atoms with Crippen LogP contribution >= 0.6 is 0 Å². The standard InChI is InChI=1S/C15H22FNO3/c1-10(18)5-6-11-7-8-12(9-13(11)16)17-14(19)20-15(2,3)4/h7-10,18H,5-6H2,1-4H3,(H,17,19)/t10-/m1/s1. The normalized spacial score (nSPS) is 12.9. The molecule has 0 spiro atoms. The number of carbonyl (C=O) groups is 1. The maximum Gasteiger partial charge on any atom is 0.412 e. The van der Waals surface area contributed by atoms with Gasteiger partial charge in [0, 0.05) is 5.69 Å². The van der Waals surface area contributed by atoms with E-state index in [2.05, 4.69) is 5.32 Å². The van der Waals surface area contributed by atoms with Crippen molar-refractivity contribution in [1.82, 2.24) is 0 Å². The molecule has 1 aromatic carbocycles. The number of halogens is 1. The third-order valence-electron chi connectivity index (χ3n) is 2.53. The summed E-state index contributed by atoms with van der Waals surface area (Å²) in [5, 5.41) is 11.7. The summed E-state index contributed by atoms with van der Waals surface area (Å²) in [5.74, 6) is -0.404. The van der Waals surface area contributed by atoms with Crippen LogP contribution in [0.1, 0.15) is 39.7 Å². The summed E-state index contributed by atoms with van der Waals surface area (Å²) in [6.45, 7) is 6.93. The van der Waals surface area contributed by atoms with Crippen molar-refractivity contribution < 1.29 is 19.0 Å². The lowest BCUT2D eigenvalue weighted by atomic mass is 10.1. The van der Waals surface area contributed by atoms with Crippen molar-refractivity contribution in [3.8, 4) is 0 Å². The van der Waals surface area contributed by atoms with Gasteiger partial charge < -0.3 is 9.84 Å². The van der Waals surface area contributed by atoms with E-state index in [4.69, 9.17) is 4.74 Å². The molecule has 4 nitrogen and oxygen atoms in total. The van der Waals surface area contributed by atoms with Crippen molar-refractivity contribution in [2.24, 2.45) is 0 Å². The number of carbonyl (C=O) groups excluding carboxylic acids is 1. The van der Waals surface area contributed by atoms with E-state index in [9.17, 15) is 14.3 Å². The fourth-order valence-corrected chi connectivity index (χ4v) is 1.61. The van der Waals surface area contributed by atoms with Gasteiger partial charge in [-0.2, -0.15) is 0 Å². The van der Waals surface area contributed by atoms with Gasteiger partial charge in [-0.3, -0.25) is 5.32 Å². The highest BCUT2D eigenvalue weighted by Gasteiger charge is 2.16. The number of hydrogen-bond donors (Lipinski definition) is 2. The van der Waals surface area contributed by atoms with Gasteiger partial charge >= 0.3 is 6.09 Å². The fraction of sp³-hybridized carbons (Fsp3) is 0.533. The van der Waals surface area contributed by atoms with Gasteiger partial charge in [-0.05, 0) is 58.2 Å². The second-order valence-corrected chi connectivity index (χ2v) is 5.82. The lowest BCUT2D eigenvalue weighted by molar-refractivity contribution is 0.0636. The predicted octanol–water partition coefficient (Wildman–Crippen LogP) is 3.49. The number of aliphatic hydroxyl groups is 1. The van der Waals surface area contributed by atoms with Gasteiger partial charge in [0.25, 0.3) is 0 Å². The van der Waals surface area contributed by atoms with E-state index in [1.54, 1.807) is 39.8 Å². The molecule has 0 aliphatic carbocycles. The van der Waals surface area contributed by atoms with E-state index >= 15 is 0 Å². The first kappa shape index (κ1) is 16.4. The molecule has 0 fully saturated rings. The quantitative estimate of drug-likeness (QED) is 0.889. The van der Waals surface area contributed by atoms with Gasteiger partial charge in [-0.25, -0.2) is 9.18 Å². The fourth-order valence-electron chi connectivity index (χ4n) is 1.61. The van der Waals surface area contributed by atoms with E-state index in [1.165, 1.54) is 6.07 Å². The van der Waals surface area contributed by atoms with E-state index < -0.39 is 23.6 Å². The molecule has 1 aromatic rings. The Hall–Kier alpha value is -1.62. The van der Waals surface area contributed by atoms with Crippen LogP contribution in [0.5, 0.6) is 0 Å². The van der Waals surface area contributed by atoms with E-state index in [-0.39, 0.29) is 0 Å². The van der Waals surface area contributed by atoms with Crippen molar-refractivity contribution >= 4 is 11.8 Å². The van der Waals surface area contributed by atoms with Crippen molar-refractivity contribution in [1.29, 1.82) is 0 Å². The van der Waals surface area contributed by atoms with Gasteiger partial charge in [-0.1, -0.05) is 6.07 Å². The SMILES string of the molecule is C[C@@H](O)CCc1ccc(NC(=O)OC(C)(C)C)cc1F. The first-order valence-electron chi connectivity index (χ1n) is 6.64. The van der Waals surface area contributed by atoms with Crippen molar-refractivity contribution in [2.45, 2.75) is 52.2 Å². The Morgan fingerprint density at radius 3 is 2.60 bits per heavy atom. The summed E-state index contributed by atoms with van der Waals surface area (Å²) < 4.78 is 18.9. The molecule has 1 rings (SSSR count). The Bertz CT molecular complexity index is 467. The van der Waals surface area contributed by atoms with E-state index in [1.807, 2.05) is 0 Å². The second kappa shape index (κ2) is 6.70. The molecule has 0 aliphatic heterocycles. The summed E-state index contributed by atoms with van der Waals surface area (Å²) >= 11 is 0. The van der Waals surface area contributed by atoms with Crippen molar-refractivity contribution in [2.75, 3.05) is 5.32 Å². The molecule has 5 heteroatoms. The van der Waals surface area contributed by atoms with Crippen LogP contribution in [0.2, 0.25) is 0 Å². The van der Waals surface area contributed by atoms with Gasteiger partial charge in [0.1, 0.15) is 11.4 Å². The number of hydrogen-bond acceptors (Lipinski definition) is 3. The minimum Gasteiger partial charge on any atom is -0.444 e. The largest absolute Gasteiger partial charge is 0.444 e. The molecule has 20 heavy (non-hydrogen) atoms. The van der Waals surface area contributed by atoms with Gasteiger partial charge in [-0.15, -0.1) is 0 Å². The zero-order valence-corrected chi connectivity index (χ0v) is 12.4. The molecule has 112 valence electrons. The summed E-state index contributed by atoms with van der Waals surface area (Å²) in [6.07, 6.45) is -0.131. The van der Waals surface area contributed by atoms with E-state index in [0.29, 0.717) is 24.1 Å². The number of rotatable bonds is 4. The van der Waals surface area contributed by atoms with Crippen LogP contribution in [-0.2, 0) is 11.2 Å². The van der Waals surface area contributed by atoms with E-state index in [0.717, 1.165) is 0 Å². The number of nitrogens with one attached hydrogen (secondary N) is 1. The highest BCUT2D eigenvalue weighted by atomic mass is 19.1. The van der Waals surface area contributed by atoms with Crippen LogP contribution < -0.4 is 5.32 Å². The lowest BCUT2D eigenvalue weighted by Gasteiger charge is -2.19. The molecule has 2 N–H and O–H groups in total. The average molecular weight is 283 g/mol. The molecule has 0 unspecified atom stereocenters. The highest BCUT2D eigenvalue weighted by molar-refractivity contribution is 5.84. The summed E-state index contributed by atoms with van der Waals surface area (Å²) in [5.41, 5.74) is 0.262. The van der Waals surface area contributed by atoms with Crippen LogP contribution in [0, 0.1) is 5.82 Å². The van der Waals surface area contributed by atoms with Gasteiger partial charge in [0.2, 0.25) is 0 Å². The number of benzene rings is 1. The minimum atomic E-state index is -0.617. The molecule has 1 atom stereocenters. The van der Waals surface area contributed by atoms with Crippen LogP contribution in [0.3, 0.4) is 0 Å². The zero-order chi connectivity index (χ0) is 15.3. The van der Waals surface area contributed by atoms with Crippen molar-refractivity contribution in [3.05, 3.63) is 29.6 Å². The summed E-state index contributed by atoms with van der Waals surface area (Å²) in [4.78, 5) is 11.6. The topological polar surface area (TPSA) is 58.6 Å². The third-order valence-corrected chi connectivity index (χ3v) is 2.53. The molecular formula is C15H22FNO3. The molecule has 0 saturated carbocycles. The zero-order valence-electron chi connectivity index (χ0n) is 12.4. The third kappa shape index (κ3) is 6.02. The lowest BCUT2D eigenvalue weighted by Crippen LogP contribution is -2.27. The molecule has 0 heterocycles. The first-order valence-corrected chi connectivity index (χ1v) is 6.64. The number of aliphatic hydroxyl groups excluding tert-OH is 1. The Morgan fingerprint density at radius 1 is 1.45 bits per heavy atom. The smallest absolute Gasteiger partial charge is 0.412 e. The monoisotopic (exact) mass is 283 g/mol. The molecule has 0 aliphatic rings. The summed E-state index contributed by atoms with van der Waals surface area (Å²) in [6, 6.07) is 4.47. The molecule has 0 aromatic heterocycles.